The molecule has 2 aromatic heterocycles. The Morgan fingerprint density at radius 1 is 1.54 bits per heavy atom. The Labute approximate surface area is 141 Å². The Morgan fingerprint density at radius 3 is 3.12 bits per heavy atom. The fraction of sp³-hybridized carbons (Fsp3) is 0.471. The Kier molecular flexibility index (Phi) is 5.10. The number of carbonyl (C=O) groups excluding carboxylic acids is 1. The molecule has 3 heterocycles. The molecule has 1 aliphatic heterocycles. The second-order valence-corrected chi connectivity index (χ2v) is 6.06. The second-order valence-electron chi connectivity index (χ2n) is 6.06. The smallest absolute Gasteiger partial charge is 0.322 e. The summed E-state index contributed by atoms with van der Waals surface area (Å²) in [6, 6.07) is 5.38. The van der Waals surface area contributed by atoms with Gasteiger partial charge < -0.3 is 15.0 Å². The average molecular weight is 329 g/mol. The van der Waals surface area contributed by atoms with Crippen LogP contribution < -0.4 is 5.32 Å². The molecule has 2 amide bonds. The summed E-state index contributed by atoms with van der Waals surface area (Å²) in [5.41, 5.74) is 1.53. The standard InChI is InChI=1S/C17H23N5O2/c1-13(16-7-3-4-8-18-16)21(2)17(23)20-14-10-19-22(11-14)12-15-6-5-9-24-15/h3-4,7-8,10-11,13,15H,5-6,9,12H2,1-2H3,(H,20,23)/t13-,15-/m0/s1. The number of amides is 2. The van der Waals surface area contributed by atoms with E-state index in [1.54, 1.807) is 24.3 Å². The predicted molar refractivity (Wildman–Crippen MR) is 90.6 cm³/mol. The van der Waals surface area contributed by atoms with Crippen molar-refractivity contribution < 1.29 is 9.53 Å². The maximum Gasteiger partial charge on any atom is 0.322 e. The first-order valence-corrected chi connectivity index (χ1v) is 8.22. The molecule has 2 atom stereocenters. The van der Waals surface area contributed by atoms with E-state index < -0.39 is 0 Å². The van der Waals surface area contributed by atoms with Crippen molar-refractivity contribution in [2.75, 3.05) is 19.0 Å². The molecule has 2 aromatic rings. The molecule has 24 heavy (non-hydrogen) atoms. The fourth-order valence-corrected chi connectivity index (χ4v) is 2.73. The van der Waals surface area contributed by atoms with Crippen molar-refractivity contribution in [1.82, 2.24) is 19.7 Å². The van der Waals surface area contributed by atoms with Gasteiger partial charge in [-0.3, -0.25) is 9.67 Å². The first-order valence-electron chi connectivity index (χ1n) is 8.22. The van der Waals surface area contributed by atoms with Crippen LogP contribution in [-0.4, -0.2) is 45.5 Å². The van der Waals surface area contributed by atoms with Gasteiger partial charge in [0.15, 0.2) is 0 Å². The van der Waals surface area contributed by atoms with E-state index in [1.165, 1.54) is 0 Å². The Hall–Kier alpha value is -2.41. The first kappa shape index (κ1) is 16.4. The van der Waals surface area contributed by atoms with Crippen LogP contribution in [0.5, 0.6) is 0 Å². The number of rotatable bonds is 5. The number of hydrogen-bond acceptors (Lipinski definition) is 4. The summed E-state index contributed by atoms with van der Waals surface area (Å²) in [5.74, 6) is 0. The molecule has 3 rings (SSSR count). The average Bonchev–Trinajstić information content (AvgIpc) is 3.27. The highest BCUT2D eigenvalue weighted by molar-refractivity contribution is 5.89. The van der Waals surface area contributed by atoms with E-state index in [9.17, 15) is 4.79 Å². The van der Waals surface area contributed by atoms with Gasteiger partial charge in [0.25, 0.3) is 0 Å². The van der Waals surface area contributed by atoms with Crippen LogP contribution in [0.3, 0.4) is 0 Å². The molecule has 1 N–H and O–H groups in total. The van der Waals surface area contributed by atoms with Crippen LogP contribution in [0.15, 0.2) is 36.8 Å². The lowest BCUT2D eigenvalue weighted by molar-refractivity contribution is 0.0940. The molecular weight excluding hydrogens is 306 g/mol. The van der Waals surface area contributed by atoms with Crippen LogP contribution in [0.25, 0.3) is 0 Å². The molecule has 0 radical (unpaired) electrons. The molecule has 0 spiro atoms. The molecule has 0 unspecified atom stereocenters. The number of urea groups is 1. The zero-order valence-corrected chi connectivity index (χ0v) is 14.1. The Balaban J connectivity index is 1.57. The highest BCUT2D eigenvalue weighted by Crippen LogP contribution is 2.18. The Morgan fingerprint density at radius 2 is 2.42 bits per heavy atom. The van der Waals surface area contributed by atoms with Crippen molar-refractivity contribution in [3.05, 3.63) is 42.5 Å². The molecule has 0 saturated carbocycles. The summed E-state index contributed by atoms with van der Waals surface area (Å²) in [4.78, 5) is 18.3. The quantitative estimate of drug-likeness (QED) is 0.915. The minimum atomic E-state index is -0.190. The monoisotopic (exact) mass is 329 g/mol. The van der Waals surface area contributed by atoms with Crippen LogP contribution in [0, 0.1) is 0 Å². The zero-order valence-electron chi connectivity index (χ0n) is 14.1. The number of carbonyl (C=O) groups is 1. The molecule has 0 aromatic carbocycles. The number of anilines is 1. The summed E-state index contributed by atoms with van der Waals surface area (Å²) in [6.45, 7) is 3.49. The molecule has 7 nitrogen and oxygen atoms in total. The minimum Gasteiger partial charge on any atom is -0.376 e. The normalized spacial score (nSPS) is 18.3. The van der Waals surface area contributed by atoms with Crippen LogP contribution in [0.2, 0.25) is 0 Å². The largest absolute Gasteiger partial charge is 0.376 e. The third kappa shape index (κ3) is 3.91. The van der Waals surface area contributed by atoms with Crippen molar-refractivity contribution >= 4 is 11.7 Å². The summed E-state index contributed by atoms with van der Waals surface area (Å²) >= 11 is 0. The van der Waals surface area contributed by atoms with Gasteiger partial charge >= 0.3 is 6.03 Å². The molecule has 1 fully saturated rings. The van der Waals surface area contributed by atoms with E-state index in [-0.39, 0.29) is 18.2 Å². The van der Waals surface area contributed by atoms with Gasteiger partial charge in [-0.15, -0.1) is 0 Å². The third-order valence-electron chi connectivity index (χ3n) is 4.32. The molecule has 0 bridgehead atoms. The van der Waals surface area contributed by atoms with E-state index in [0.717, 1.165) is 31.7 Å². The van der Waals surface area contributed by atoms with Crippen molar-refractivity contribution in [3.8, 4) is 0 Å². The lowest BCUT2D eigenvalue weighted by Crippen LogP contribution is -2.33. The zero-order chi connectivity index (χ0) is 16.9. The number of aromatic nitrogens is 3. The number of nitrogens with zero attached hydrogens (tertiary/aromatic N) is 4. The van der Waals surface area contributed by atoms with Gasteiger partial charge in [-0.25, -0.2) is 4.79 Å². The second kappa shape index (κ2) is 7.44. The molecule has 1 saturated heterocycles. The van der Waals surface area contributed by atoms with Crippen LogP contribution in [0.4, 0.5) is 10.5 Å². The van der Waals surface area contributed by atoms with E-state index in [0.29, 0.717) is 5.69 Å². The maximum absolute atomic E-state index is 12.4. The molecule has 128 valence electrons. The third-order valence-corrected chi connectivity index (χ3v) is 4.32. The summed E-state index contributed by atoms with van der Waals surface area (Å²) in [5, 5.41) is 7.16. The maximum atomic E-state index is 12.4. The minimum absolute atomic E-state index is 0.117. The van der Waals surface area contributed by atoms with Crippen LogP contribution in [-0.2, 0) is 11.3 Å². The van der Waals surface area contributed by atoms with Crippen molar-refractivity contribution in [2.24, 2.45) is 0 Å². The summed E-state index contributed by atoms with van der Waals surface area (Å²) < 4.78 is 7.42. The summed E-state index contributed by atoms with van der Waals surface area (Å²) in [7, 11) is 1.76. The number of pyridine rings is 1. The van der Waals surface area contributed by atoms with Crippen molar-refractivity contribution in [1.29, 1.82) is 0 Å². The van der Waals surface area contributed by atoms with Crippen molar-refractivity contribution in [3.63, 3.8) is 0 Å². The van der Waals surface area contributed by atoms with Gasteiger partial charge in [0.2, 0.25) is 0 Å². The van der Waals surface area contributed by atoms with Crippen molar-refractivity contribution in [2.45, 2.75) is 38.5 Å². The van der Waals surface area contributed by atoms with E-state index in [4.69, 9.17) is 4.74 Å². The lowest BCUT2D eigenvalue weighted by atomic mass is 10.2. The van der Waals surface area contributed by atoms with Crippen LogP contribution in [0.1, 0.15) is 31.5 Å². The molecular formula is C17H23N5O2. The highest BCUT2D eigenvalue weighted by Gasteiger charge is 2.20. The van der Waals surface area contributed by atoms with Gasteiger partial charge in [0.05, 0.1) is 36.3 Å². The topological polar surface area (TPSA) is 72.3 Å². The van der Waals surface area contributed by atoms with E-state index in [2.05, 4.69) is 15.4 Å². The lowest BCUT2D eigenvalue weighted by Gasteiger charge is -2.24. The van der Waals surface area contributed by atoms with E-state index >= 15 is 0 Å². The van der Waals surface area contributed by atoms with Gasteiger partial charge in [-0.05, 0) is 31.9 Å². The molecule has 7 heteroatoms. The number of ether oxygens (including phenoxy) is 1. The van der Waals surface area contributed by atoms with Crippen LogP contribution >= 0.6 is 0 Å². The number of hydrogen-bond donors (Lipinski definition) is 1. The summed E-state index contributed by atoms with van der Waals surface area (Å²) in [6.07, 6.45) is 7.61. The van der Waals surface area contributed by atoms with Gasteiger partial charge in [-0.2, -0.15) is 5.10 Å². The molecule has 0 aliphatic carbocycles. The molecule has 1 aliphatic rings. The van der Waals surface area contributed by atoms with E-state index in [1.807, 2.05) is 36.0 Å². The highest BCUT2D eigenvalue weighted by atomic mass is 16.5. The SMILES string of the molecule is C[C@@H](c1ccccn1)N(C)C(=O)Nc1cnn(C[C@@H]2CCCO2)c1. The number of nitrogens with one attached hydrogen (secondary N) is 1. The first-order chi connectivity index (χ1) is 11.6. The van der Waals surface area contributed by atoms with Gasteiger partial charge in [0, 0.05) is 26.0 Å². The Bertz CT molecular complexity index is 667. The predicted octanol–water partition coefficient (Wildman–Crippen LogP) is 2.68. The van der Waals surface area contributed by atoms with Gasteiger partial charge in [0.1, 0.15) is 0 Å². The fourth-order valence-electron chi connectivity index (χ4n) is 2.73. The van der Waals surface area contributed by atoms with Gasteiger partial charge in [-0.1, -0.05) is 6.07 Å².